The van der Waals surface area contributed by atoms with Gasteiger partial charge in [-0.15, -0.1) is 5.10 Å². The fourth-order valence-corrected chi connectivity index (χ4v) is 11.2. The number of esters is 5. The van der Waals surface area contributed by atoms with E-state index < -0.39 is 220 Å². The standard InChI is InChI=1S/C58H77BrF20N4O15Si/c1-11-12-20-96-46(89)48(5,31-40(59)44(87)95-23-17-52(66,67)56(74,75)58(78,79)54(70,71)50(7,62)63)30-36(43(86)94-22-16-51(64,65)55(72,73)57(76,77)53(68,69)49(6,60)61)27-35(42(85)93-21-13-26-99(8,9)10)29-47(3,4)45(88)98-34(2)39-28-38(83(90)91)14-15-41(39)97-33-37-32-82(81-80-37)18-24-92-25-19-84/h14-15,28,32,34-36,40,84H,11-13,16-27,29-31,33H2,1-10H3. The summed E-state index contributed by atoms with van der Waals surface area (Å²) in [5.74, 6) is -81.5. The quantitative estimate of drug-likeness (QED) is 0.00946. The molecule has 0 aliphatic heterocycles. The maximum Gasteiger partial charge on any atom is 0.384 e. The Kier molecular flexibility index (Phi) is 31.0. The van der Waals surface area contributed by atoms with E-state index in [2.05, 4.69) is 31.0 Å². The predicted molar refractivity (Wildman–Crippen MR) is 311 cm³/mol. The molecule has 99 heavy (non-hydrogen) atoms. The maximum atomic E-state index is 15.2. The third kappa shape index (κ3) is 22.8. The van der Waals surface area contributed by atoms with Gasteiger partial charge < -0.3 is 38.3 Å². The summed E-state index contributed by atoms with van der Waals surface area (Å²) in [5.41, 5.74) is -5.17. The van der Waals surface area contributed by atoms with Crippen LogP contribution < -0.4 is 4.74 Å². The number of alkyl halides is 21. The lowest BCUT2D eigenvalue weighted by Gasteiger charge is -2.38. The van der Waals surface area contributed by atoms with Gasteiger partial charge in [0.2, 0.25) is 0 Å². The van der Waals surface area contributed by atoms with Crippen molar-refractivity contribution in [3.05, 3.63) is 45.8 Å². The fourth-order valence-electron chi connectivity index (χ4n) is 9.18. The van der Waals surface area contributed by atoms with Crippen molar-refractivity contribution in [2.45, 2.75) is 215 Å². The van der Waals surface area contributed by atoms with Gasteiger partial charge in [-0.25, -0.2) is 4.68 Å². The van der Waals surface area contributed by atoms with Gasteiger partial charge in [0.15, 0.2) is 0 Å². The minimum atomic E-state index is -7.55. The molecular weight excluding hydrogens is 1480 g/mol. The van der Waals surface area contributed by atoms with Crippen LogP contribution in [0.15, 0.2) is 24.4 Å². The van der Waals surface area contributed by atoms with Crippen LogP contribution in [-0.4, -0.2) is 173 Å². The van der Waals surface area contributed by atoms with Crippen molar-refractivity contribution in [3.8, 4) is 5.75 Å². The maximum absolute atomic E-state index is 15.2. The van der Waals surface area contributed by atoms with Crippen molar-refractivity contribution in [2.24, 2.45) is 22.7 Å². The van der Waals surface area contributed by atoms with Crippen LogP contribution in [0.3, 0.4) is 0 Å². The van der Waals surface area contributed by atoms with Crippen LogP contribution >= 0.6 is 15.9 Å². The van der Waals surface area contributed by atoms with Crippen molar-refractivity contribution in [1.29, 1.82) is 0 Å². The average Bonchev–Trinajstić information content (AvgIpc) is 0.964. The molecule has 570 valence electrons. The van der Waals surface area contributed by atoms with E-state index in [1.165, 1.54) is 17.8 Å². The normalized spacial score (nSPS) is 15.5. The van der Waals surface area contributed by atoms with Gasteiger partial charge in [0, 0.05) is 39.6 Å². The number of nitrogens with zero attached hydrogens (tertiary/aromatic N) is 4. The number of halogens is 21. The molecule has 5 atom stereocenters. The summed E-state index contributed by atoms with van der Waals surface area (Å²) in [5, 5.41) is 28.8. The number of unbranched alkanes of at least 4 members (excludes halogenated alkanes) is 1. The van der Waals surface area contributed by atoms with Crippen LogP contribution in [0.1, 0.15) is 124 Å². The molecule has 1 aromatic heterocycles. The van der Waals surface area contributed by atoms with Crippen molar-refractivity contribution in [1.82, 2.24) is 15.0 Å². The molecule has 2 aromatic rings. The number of carbonyl (C=O) groups excluding carboxylic acids is 5. The van der Waals surface area contributed by atoms with Gasteiger partial charge in [-0.3, -0.25) is 34.1 Å². The zero-order valence-corrected chi connectivity index (χ0v) is 57.5. The number of carbonyl (C=O) groups is 5. The Balaban J connectivity index is 2.85. The van der Waals surface area contributed by atoms with Crippen molar-refractivity contribution in [3.63, 3.8) is 0 Å². The monoisotopic (exact) mass is 1560 g/mol. The Morgan fingerprint density at radius 2 is 1.12 bits per heavy atom. The number of nitro benzene ring substituents is 1. The van der Waals surface area contributed by atoms with Crippen LogP contribution in [0, 0.1) is 32.8 Å². The number of hydrogen-bond acceptors (Lipinski definition) is 17. The number of aliphatic hydroxyl groups excluding tert-OH is 1. The molecule has 0 aliphatic carbocycles. The van der Waals surface area contributed by atoms with Crippen molar-refractivity contribution >= 4 is 59.5 Å². The SMILES string of the molecule is CCCCOC(=O)C(C)(CC(Br)C(=O)OCCC(F)(F)C(F)(F)C(F)(F)C(F)(F)C(C)(F)F)CC(CC(CC(C)(C)C(=O)OC(C)c1cc([N+](=O)[O-])ccc1OCc1cn(CCOCCO)nn1)C(=O)OCCC[Si](C)(C)C)C(=O)OCCC(F)(F)C(F)(F)C(F)(F)C(F)(F)C(C)(F)F. The molecule has 1 heterocycles. The Labute approximate surface area is 563 Å². The number of benzene rings is 1. The number of nitro groups is 1. The highest BCUT2D eigenvalue weighted by Gasteiger charge is 2.86. The summed E-state index contributed by atoms with van der Waals surface area (Å²) in [6.45, 7) is 4.04. The minimum absolute atomic E-state index is 0.0195. The minimum Gasteiger partial charge on any atom is -0.487 e. The van der Waals surface area contributed by atoms with E-state index in [-0.39, 0.29) is 69.2 Å². The largest absolute Gasteiger partial charge is 0.487 e. The third-order valence-corrected chi connectivity index (χ3v) is 17.7. The second-order valence-electron chi connectivity index (χ2n) is 25.6. The number of hydrogen-bond donors (Lipinski definition) is 1. The van der Waals surface area contributed by atoms with Crippen LogP contribution in [0.25, 0.3) is 0 Å². The first kappa shape index (κ1) is 89.2. The van der Waals surface area contributed by atoms with Gasteiger partial charge in [-0.05, 0) is 72.3 Å². The van der Waals surface area contributed by atoms with Gasteiger partial charge >= 0.3 is 89.1 Å². The summed E-state index contributed by atoms with van der Waals surface area (Å²) in [7, 11) is -1.93. The summed E-state index contributed by atoms with van der Waals surface area (Å²) < 4.78 is 324. The van der Waals surface area contributed by atoms with Gasteiger partial charge in [-0.2, -0.15) is 87.8 Å². The average molecular weight is 1560 g/mol. The number of aliphatic hydroxyl groups is 1. The molecule has 0 saturated heterocycles. The van der Waals surface area contributed by atoms with E-state index in [9.17, 15) is 113 Å². The summed E-state index contributed by atoms with van der Waals surface area (Å²) >= 11 is 2.71. The molecule has 19 nitrogen and oxygen atoms in total. The van der Waals surface area contributed by atoms with E-state index in [0.717, 1.165) is 39.0 Å². The second-order valence-corrected chi connectivity index (χ2v) is 32.3. The Bertz CT molecular complexity index is 3030. The van der Waals surface area contributed by atoms with Gasteiger partial charge in [0.05, 0.1) is 99.4 Å². The van der Waals surface area contributed by atoms with Crippen LogP contribution in [0.4, 0.5) is 93.5 Å². The number of non-ortho nitro benzene ring substituents is 1. The third-order valence-electron chi connectivity index (χ3n) is 15.2. The molecule has 0 bridgehead atoms. The summed E-state index contributed by atoms with van der Waals surface area (Å²) in [6, 6.07) is 3.61. The van der Waals surface area contributed by atoms with E-state index in [4.69, 9.17) is 33.5 Å². The van der Waals surface area contributed by atoms with Gasteiger partial charge in [0.25, 0.3) is 5.69 Å². The summed E-state index contributed by atoms with van der Waals surface area (Å²) in [6.07, 6.45) is -9.90. The molecular formula is C58H77BrF20N4O15Si. The molecule has 0 radical (unpaired) electrons. The van der Waals surface area contributed by atoms with E-state index in [0.29, 0.717) is 6.04 Å². The molecule has 0 fully saturated rings. The molecule has 0 amide bonds. The van der Waals surface area contributed by atoms with Crippen molar-refractivity contribution in [2.75, 3.05) is 46.2 Å². The molecule has 1 aromatic carbocycles. The molecule has 41 heteroatoms. The Morgan fingerprint density at radius 3 is 1.60 bits per heavy atom. The highest BCUT2D eigenvalue weighted by atomic mass is 79.9. The lowest BCUT2D eigenvalue weighted by molar-refractivity contribution is -0.399. The fraction of sp³-hybridized carbons (Fsp3) is 0.776. The highest BCUT2D eigenvalue weighted by molar-refractivity contribution is 9.10. The van der Waals surface area contributed by atoms with E-state index in [1.54, 1.807) is 6.92 Å². The predicted octanol–water partition coefficient (Wildman–Crippen LogP) is 14.8. The lowest BCUT2D eigenvalue weighted by Crippen LogP contribution is -2.66. The molecule has 0 aliphatic rings. The second kappa shape index (κ2) is 34.4. The first-order chi connectivity index (χ1) is 44.8. The van der Waals surface area contributed by atoms with Gasteiger partial charge in [-0.1, -0.05) is 60.2 Å². The first-order valence-corrected chi connectivity index (χ1v) is 34.7. The summed E-state index contributed by atoms with van der Waals surface area (Å²) in [4.78, 5) is 79.8. The first-order valence-electron chi connectivity index (χ1n) is 30.1. The molecule has 2 rings (SSSR count). The zero-order valence-electron chi connectivity index (χ0n) is 54.9. The van der Waals surface area contributed by atoms with Crippen molar-refractivity contribution < 1.29 is 155 Å². The topological polar surface area (TPSA) is 244 Å². The smallest absolute Gasteiger partial charge is 0.384 e. The van der Waals surface area contributed by atoms with E-state index >= 15 is 8.78 Å². The molecule has 1 N–H and O–H groups in total. The molecule has 0 spiro atoms. The highest BCUT2D eigenvalue weighted by Crippen LogP contribution is 2.59. The van der Waals surface area contributed by atoms with Crippen LogP contribution in [0.5, 0.6) is 5.75 Å². The van der Waals surface area contributed by atoms with E-state index in [1.807, 2.05) is 19.6 Å². The lowest BCUT2D eigenvalue weighted by atomic mass is 9.72. The van der Waals surface area contributed by atoms with Crippen LogP contribution in [0.2, 0.25) is 25.7 Å². The Hall–Kier alpha value is -5.87. The molecule has 0 saturated carbocycles. The van der Waals surface area contributed by atoms with Gasteiger partial charge in [0.1, 0.15) is 29.0 Å². The number of aromatic nitrogens is 3. The Morgan fingerprint density at radius 1 is 0.636 bits per heavy atom. The number of ether oxygens (including phenoxy) is 7. The van der Waals surface area contributed by atoms with Crippen LogP contribution in [-0.2, 0) is 65.5 Å². The number of rotatable bonds is 45. The zero-order chi connectivity index (χ0) is 76.8. The molecule has 5 unspecified atom stereocenters.